The Labute approximate surface area is 191 Å². The number of halogens is 1. The van der Waals surface area contributed by atoms with Gasteiger partial charge in [0.1, 0.15) is 18.3 Å². The molecule has 1 fully saturated rings. The Morgan fingerprint density at radius 2 is 1.88 bits per heavy atom. The van der Waals surface area contributed by atoms with Gasteiger partial charge in [-0.2, -0.15) is 9.40 Å². The third kappa shape index (κ3) is 4.99. The van der Waals surface area contributed by atoms with Crippen molar-refractivity contribution in [3.63, 3.8) is 0 Å². The topological polar surface area (TPSA) is 106 Å². The van der Waals surface area contributed by atoms with Crippen molar-refractivity contribution in [2.45, 2.75) is 17.7 Å². The quantitative estimate of drug-likeness (QED) is 0.562. The van der Waals surface area contributed by atoms with E-state index in [4.69, 9.17) is 16.3 Å². The van der Waals surface area contributed by atoms with Gasteiger partial charge in [-0.3, -0.25) is 4.79 Å². The summed E-state index contributed by atoms with van der Waals surface area (Å²) in [4.78, 5) is 16.7. The number of benzene rings is 2. The average molecular weight is 476 g/mol. The molecule has 1 saturated heterocycles. The Balaban J connectivity index is 1.39. The van der Waals surface area contributed by atoms with Crippen molar-refractivity contribution in [1.29, 1.82) is 0 Å². The van der Waals surface area contributed by atoms with Gasteiger partial charge in [0.15, 0.2) is 0 Å². The molecule has 0 radical (unpaired) electrons. The van der Waals surface area contributed by atoms with Crippen molar-refractivity contribution < 1.29 is 17.9 Å². The molecule has 0 unspecified atom stereocenters. The lowest BCUT2D eigenvalue weighted by molar-refractivity contribution is -0.116. The molecule has 1 N–H and O–H groups in total. The Hall–Kier alpha value is -2.79. The molecule has 3 aromatic rings. The summed E-state index contributed by atoms with van der Waals surface area (Å²) in [6, 6.07) is 11.8. The van der Waals surface area contributed by atoms with E-state index in [9.17, 15) is 13.2 Å². The van der Waals surface area contributed by atoms with Crippen LogP contribution in [0.2, 0.25) is 5.02 Å². The van der Waals surface area contributed by atoms with Crippen LogP contribution in [0.5, 0.6) is 0 Å². The molecule has 0 spiro atoms. The molecule has 0 saturated carbocycles. The van der Waals surface area contributed by atoms with Gasteiger partial charge in [-0.15, -0.1) is 0 Å². The number of carbonyl (C=O) groups is 1. The Kier molecular flexibility index (Phi) is 6.85. The summed E-state index contributed by atoms with van der Waals surface area (Å²) in [5, 5.41) is 7.38. The zero-order valence-corrected chi connectivity index (χ0v) is 18.7. The molecule has 9 nitrogen and oxygen atoms in total. The van der Waals surface area contributed by atoms with E-state index < -0.39 is 10.0 Å². The van der Waals surface area contributed by atoms with Crippen LogP contribution in [0.25, 0.3) is 5.69 Å². The van der Waals surface area contributed by atoms with Gasteiger partial charge >= 0.3 is 0 Å². The van der Waals surface area contributed by atoms with Gasteiger partial charge in [0.2, 0.25) is 15.9 Å². The van der Waals surface area contributed by atoms with Gasteiger partial charge in [-0.25, -0.2) is 18.1 Å². The first-order valence-electron chi connectivity index (χ1n) is 10.1. The Bertz CT molecular complexity index is 1180. The van der Waals surface area contributed by atoms with Gasteiger partial charge in [0.25, 0.3) is 0 Å². The van der Waals surface area contributed by atoms with Crippen LogP contribution in [-0.2, 0) is 26.0 Å². The molecule has 0 bridgehead atoms. The molecule has 32 heavy (non-hydrogen) atoms. The number of sulfonamides is 1. The number of nitrogens with zero attached hydrogens (tertiary/aromatic N) is 4. The summed E-state index contributed by atoms with van der Waals surface area (Å²) >= 11 is 6.29. The van der Waals surface area contributed by atoms with Crippen molar-refractivity contribution in [2.24, 2.45) is 0 Å². The number of rotatable bonds is 7. The number of hydrogen-bond donors (Lipinski definition) is 1. The van der Waals surface area contributed by atoms with E-state index in [1.165, 1.54) is 21.6 Å². The third-order valence-corrected chi connectivity index (χ3v) is 7.30. The molecular formula is C21H22ClN5O4S. The first-order chi connectivity index (χ1) is 15.4. The first-order valence-corrected chi connectivity index (χ1v) is 11.9. The van der Waals surface area contributed by atoms with Crippen molar-refractivity contribution >= 4 is 33.2 Å². The molecule has 168 valence electrons. The second-order valence-electron chi connectivity index (χ2n) is 7.18. The summed E-state index contributed by atoms with van der Waals surface area (Å²) in [5.41, 5.74) is 1.93. The summed E-state index contributed by atoms with van der Waals surface area (Å²) in [7, 11) is -3.53. The molecule has 4 rings (SSSR count). The highest BCUT2D eigenvalue weighted by molar-refractivity contribution is 7.89. The normalized spacial score (nSPS) is 14.9. The highest BCUT2D eigenvalue weighted by atomic mass is 35.5. The largest absolute Gasteiger partial charge is 0.379 e. The van der Waals surface area contributed by atoms with Gasteiger partial charge in [0, 0.05) is 19.5 Å². The lowest BCUT2D eigenvalue weighted by Crippen LogP contribution is -2.40. The molecule has 2 heterocycles. The first kappa shape index (κ1) is 22.4. The SMILES string of the molecule is O=C(CCc1ccc(S(=O)(=O)N2CCOCC2)cc1)Nc1cccc(Cl)c1-n1cncn1. The Morgan fingerprint density at radius 3 is 2.56 bits per heavy atom. The van der Waals surface area contributed by atoms with Crippen LogP contribution in [-0.4, -0.2) is 59.7 Å². The zero-order valence-electron chi connectivity index (χ0n) is 17.1. The van der Waals surface area contributed by atoms with Gasteiger partial charge in [-0.1, -0.05) is 29.8 Å². The second-order valence-corrected chi connectivity index (χ2v) is 9.53. The Morgan fingerprint density at radius 1 is 1.12 bits per heavy atom. The van der Waals surface area contributed by atoms with Crippen LogP contribution >= 0.6 is 11.6 Å². The molecule has 0 aliphatic carbocycles. The number of aryl methyl sites for hydroxylation is 1. The maximum Gasteiger partial charge on any atom is 0.243 e. The van der Waals surface area contributed by atoms with Crippen LogP contribution in [0, 0.1) is 0 Å². The highest BCUT2D eigenvalue weighted by Gasteiger charge is 2.26. The zero-order chi connectivity index (χ0) is 22.6. The van der Waals surface area contributed by atoms with E-state index in [1.54, 1.807) is 42.5 Å². The monoisotopic (exact) mass is 475 g/mol. The standard InChI is InChI=1S/C21H22ClN5O4S/c22-18-2-1-3-19(21(18)27-15-23-14-24-27)25-20(28)9-6-16-4-7-17(8-5-16)32(29,30)26-10-12-31-13-11-26/h1-5,7-8,14-15H,6,9-13H2,(H,25,28). The molecule has 2 aromatic carbocycles. The van der Waals surface area contributed by atoms with Crippen molar-refractivity contribution in [3.8, 4) is 5.69 Å². The fraction of sp³-hybridized carbons (Fsp3) is 0.286. The number of morpholine rings is 1. The molecule has 0 atom stereocenters. The van der Waals surface area contributed by atoms with E-state index in [1.807, 2.05) is 0 Å². The minimum Gasteiger partial charge on any atom is -0.379 e. The average Bonchev–Trinajstić information content (AvgIpc) is 3.33. The van der Waals surface area contributed by atoms with Crippen molar-refractivity contribution in [3.05, 3.63) is 65.7 Å². The van der Waals surface area contributed by atoms with E-state index in [2.05, 4.69) is 15.4 Å². The predicted octanol–water partition coefficient (Wildman–Crippen LogP) is 2.51. The molecule has 1 aliphatic heterocycles. The number of carbonyl (C=O) groups excluding carboxylic acids is 1. The molecular weight excluding hydrogens is 454 g/mol. The smallest absolute Gasteiger partial charge is 0.243 e. The van der Waals surface area contributed by atoms with Gasteiger partial charge in [-0.05, 0) is 36.2 Å². The number of para-hydroxylation sites is 1. The number of anilines is 1. The van der Waals surface area contributed by atoms with E-state index in [0.29, 0.717) is 49.1 Å². The van der Waals surface area contributed by atoms with E-state index in [-0.39, 0.29) is 17.2 Å². The molecule has 1 aromatic heterocycles. The lowest BCUT2D eigenvalue weighted by atomic mass is 10.1. The summed E-state index contributed by atoms with van der Waals surface area (Å²) in [6.07, 6.45) is 3.57. The second kappa shape index (κ2) is 9.78. The number of hydrogen-bond acceptors (Lipinski definition) is 6. The number of ether oxygens (including phenoxy) is 1. The molecule has 1 amide bonds. The lowest BCUT2D eigenvalue weighted by Gasteiger charge is -2.26. The number of aromatic nitrogens is 3. The van der Waals surface area contributed by atoms with Crippen LogP contribution in [0.1, 0.15) is 12.0 Å². The summed E-state index contributed by atoms with van der Waals surface area (Å²) < 4.78 is 33.6. The number of amides is 1. The van der Waals surface area contributed by atoms with Crippen LogP contribution in [0.3, 0.4) is 0 Å². The molecule has 11 heteroatoms. The van der Waals surface area contributed by atoms with Crippen LogP contribution < -0.4 is 5.32 Å². The van der Waals surface area contributed by atoms with E-state index >= 15 is 0 Å². The molecule has 1 aliphatic rings. The van der Waals surface area contributed by atoms with Gasteiger partial charge < -0.3 is 10.1 Å². The fourth-order valence-corrected chi connectivity index (χ4v) is 5.08. The third-order valence-electron chi connectivity index (χ3n) is 5.08. The minimum absolute atomic E-state index is 0.196. The number of nitrogens with one attached hydrogen (secondary N) is 1. The van der Waals surface area contributed by atoms with Gasteiger partial charge in [0.05, 0.1) is 28.8 Å². The maximum absolute atomic E-state index is 12.7. The van der Waals surface area contributed by atoms with Crippen molar-refractivity contribution in [2.75, 3.05) is 31.6 Å². The minimum atomic E-state index is -3.53. The van der Waals surface area contributed by atoms with Crippen molar-refractivity contribution in [1.82, 2.24) is 19.1 Å². The summed E-state index contributed by atoms with van der Waals surface area (Å²) in [6.45, 7) is 1.50. The van der Waals surface area contributed by atoms with Crippen LogP contribution in [0.4, 0.5) is 5.69 Å². The van der Waals surface area contributed by atoms with E-state index in [0.717, 1.165) is 5.56 Å². The fourth-order valence-electron chi connectivity index (χ4n) is 3.41. The predicted molar refractivity (Wildman–Crippen MR) is 119 cm³/mol. The maximum atomic E-state index is 12.7. The summed E-state index contributed by atoms with van der Waals surface area (Å²) in [5.74, 6) is -0.196. The van der Waals surface area contributed by atoms with Crippen LogP contribution in [0.15, 0.2) is 60.0 Å². The highest BCUT2D eigenvalue weighted by Crippen LogP contribution is 2.28.